The molecule has 1 amide bonds. The van der Waals surface area contributed by atoms with E-state index in [1.807, 2.05) is 0 Å². The van der Waals surface area contributed by atoms with Gasteiger partial charge in [0.2, 0.25) is 5.78 Å². The number of aliphatic imine (C=N–C) groups is 1. The third-order valence-electron chi connectivity index (χ3n) is 6.38. The average Bonchev–Trinajstić information content (AvgIpc) is 3.66. The molecule has 0 bridgehead atoms. The van der Waals surface area contributed by atoms with E-state index in [2.05, 4.69) is 15.1 Å². The Hall–Kier alpha value is -4.17. The molecule has 1 atom stereocenters. The molecule has 14 heteroatoms. The number of amides is 1. The number of rotatable bonds is 5. The highest BCUT2D eigenvalue weighted by atomic mass is 16.3. The monoisotopic (exact) mass is 480 g/mol. The van der Waals surface area contributed by atoms with Crippen LogP contribution in [0.5, 0.6) is 0 Å². The van der Waals surface area contributed by atoms with Gasteiger partial charge in [0, 0.05) is 26.3 Å². The van der Waals surface area contributed by atoms with Crippen molar-refractivity contribution < 1.29 is 14.3 Å². The zero-order valence-electron chi connectivity index (χ0n) is 19.0. The van der Waals surface area contributed by atoms with Gasteiger partial charge in [-0.05, 0) is 18.6 Å². The molecule has 4 aromatic rings. The summed E-state index contributed by atoms with van der Waals surface area (Å²) in [6, 6.07) is 3.56. The summed E-state index contributed by atoms with van der Waals surface area (Å²) in [4.78, 5) is 36.5. The quantitative estimate of drug-likeness (QED) is 0.345. The minimum atomic E-state index is -0.482. The fraction of sp³-hybridized carbons (Fsp3) is 0.381. The van der Waals surface area contributed by atoms with Gasteiger partial charge in [0.25, 0.3) is 5.91 Å². The maximum absolute atomic E-state index is 13.1. The number of aliphatic hydroxyl groups excluding tert-OH is 1. The van der Waals surface area contributed by atoms with Crippen LogP contribution in [0.3, 0.4) is 0 Å². The molecule has 0 saturated carbocycles. The van der Waals surface area contributed by atoms with E-state index in [4.69, 9.17) is 10.3 Å². The van der Waals surface area contributed by atoms with Crippen LogP contribution < -0.4 is 16.5 Å². The normalized spacial score (nSPS) is 17.9. The van der Waals surface area contributed by atoms with Crippen LogP contribution in [0.4, 0.5) is 5.82 Å². The highest BCUT2D eigenvalue weighted by Gasteiger charge is 2.31. The number of aryl methyl sites for hydroxylation is 3. The summed E-state index contributed by atoms with van der Waals surface area (Å²) < 4.78 is 11.8. The molecule has 0 spiro atoms. The van der Waals surface area contributed by atoms with Crippen molar-refractivity contribution in [1.82, 2.24) is 33.4 Å². The molecule has 2 aliphatic rings. The van der Waals surface area contributed by atoms with Crippen LogP contribution in [0.15, 0.2) is 45.0 Å². The van der Waals surface area contributed by atoms with Crippen molar-refractivity contribution in [3.63, 3.8) is 0 Å². The fourth-order valence-corrected chi connectivity index (χ4v) is 4.60. The van der Waals surface area contributed by atoms with E-state index in [0.29, 0.717) is 60.4 Å². The lowest BCUT2D eigenvalue weighted by Gasteiger charge is -2.20. The molecule has 6 heterocycles. The first-order chi connectivity index (χ1) is 16.9. The van der Waals surface area contributed by atoms with Crippen molar-refractivity contribution >= 4 is 23.2 Å². The molecule has 0 radical (unpaired) electrons. The predicted octanol–water partition coefficient (Wildman–Crippen LogP) is -0.980. The number of imidazole rings is 1. The first-order valence-corrected chi connectivity index (χ1v) is 11.2. The Bertz CT molecular complexity index is 1500. The number of hydrogen-bond acceptors (Lipinski definition) is 9. The van der Waals surface area contributed by atoms with Gasteiger partial charge in [0.05, 0.1) is 37.2 Å². The van der Waals surface area contributed by atoms with E-state index in [1.54, 1.807) is 45.7 Å². The zero-order valence-corrected chi connectivity index (χ0v) is 19.0. The first kappa shape index (κ1) is 21.4. The van der Waals surface area contributed by atoms with Crippen LogP contribution in [0.1, 0.15) is 28.2 Å². The molecule has 14 nitrogen and oxygen atoms in total. The molecule has 0 unspecified atom stereocenters. The number of aromatic nitrogens is 6. The number of hydrogen-bond donors (Lipinski definition) is 2. The fourth-order valence-electron chi connectivity index (χ4n) is 4.60. The van der Waals surface area contributed by atoms with Gasteiger partial charge in [-0.15, -0.1) is 0 Å². The molecule has 35 heavy (non-hydrogen) atoms. The summed E-state index contributed by atoms with van der Waals surface area (Å²) >= 11 is 0. The van der Waals surface area contributed by atoms with Crippen LogP contribution in [0.25, 0.3) is 5.78 Å². The maximum Gasteiger partial charge on any atom is 0.345 e. The number of carbonyl (C=O) groups is 1. The van der Waals surface area contributed by atoms with Crippen molar-refractivity contribution in [3.8, 4) is 0 Å². The topological polar surface area (TPSA) is 157 Å². The van der Waals surface area contributed by atoms with Crippen molar-refractivity contribution in [2.75, 3.05) is 24.8 Å². The number of β-amino-alcohol motifs (C(OH)–C–C–N with tert-alkyl or cyclic N) is 1. The molecule has 4 aromatic heterocycles. The highest BCUT2D eigenvalue weighted by molar-refractivity contribution is 6.14. The minimum absolute atomic E-state index is 0.166. The standard InChI is InChI=1S/C21H24N10O4/c1-26-21(34)29(7-6-28-10-13(9-24-28)19(33)27-5-4-14(32)11-27)20-25-18-17(31(20)26)16(23-12-30(18)22)15-3-2-8-35-15/h2-3,8-10,14,32H,4-7,11-12,22H2,1H3/t14-/m1/s1. The van der Waals surface area contributed by atoms with Gasteiger partial charge in [0.15, 0.2) is 11.6 Å². The Morgan fingerprint density at radius 2 is 2.20 bits per heavy atom. The second-order valence-electron chi connectivity index (χ2n) is 8.63. The molecule has 2 aliphatic heterocycles. The van der Waals surface area contributed by atoms with Crippen molar-refractivity contribution in [1.29, 1.82) is 0 Å². The van der Waals surface area contributed by atoms with E-state index in [-0.39, 0.29) is 24.8 Å². The minimum Gasteiger partial charge on any atom is -0.463 e. The predicted molar refractivity (Wildman–Crippen MR) is 123 cm³/mol. The lowest BCUT2D eigenvalue weighted by atomic mass is 10.2. The van der Waals surface area contributed by atoms with Gasteiger partial charge >= 0.3 is 5.69 Å². The molecular formula is C21H24N10O4. The second-order valence-corrected chi connectivity index (χ2v) is 8.63. The van der Waals surface area contributed by atoms with Crippen LogP contribution >= 0.6 is 0 Å². The molecule has 0 aromatic carbocycles. The van der Waals surface area contributed by atoms with Crippen LogP contribution in [0.2, 0.25) is 0 Å². The molecule has 0 aliphatic carbocycles. The number of anilines is 1. The summed E-state index contributed by atoms with van der Waals surface area (Å²) in [5, 5.41) is 15.4. The number of carbonyl (C=O) groups excluding carboxylic acids is 1. The number of furan rings is 1. The van der Waals surface area contributed by atoms with Gasteiger partial charge in [-0.3, -0.25) is 24.0 Å². The Kier molecular flexibility index (Phi) is 4.86. The summed E-state index contributed by atoms with van der Waals surface area (Å²) in [6.45, 7) is 1.67. The molecule has 1 fully saturated rings. The van der Waals surface area contributed by atoms with Crippen molar-refractivity contribution in [3.05, 3.63) is 58.3 Å². The number of nitrogens with zero attached hydrogens (tertiary/aromatic N) is 9. The zero-order chi connectivity index (χ0) is 24.3. The number of likely N-dealkylation sites (tertiary alicyclic amines) is 1. The van der Waals surface area contributed by atoms with E-state index in [0.717, 1.165) is 0 Å². The number of fused-ring (bicyclic) bond motifs is 3. The molecule has 6 rings (SSSR count). The Balaban J connectivity index is 1.30. The van der Waals surface area contributed by atoms with E-state index < -0.39 is 6.10 Å². The van der Waals surface area contributed by atoms with E-state index in [9.17, 15) is 14.7 Å². The number of aliphatic hydroxyl groups is 1. The molecule has 1 saturated heterocycles. The summed E-state index contributed by atoms with van der Waals surface area (Å²) in [5.74, 6) is 7.43. The number of hydrazine groups is 1. The molecule has 3 N–H and O–H groups in total. The van der Waals surface area contributed by atoms with Gasteiger partial charge in [-0.25, -0.2) is 19.8 Å². The van der Waals surface area contributed by atoms with Crippen LogP contribution in [-0.2, 0) is 20.1 Å². The lowest BCUT2D eigenvalue weighted by molar-refractivity contribution is 0.0765. The van der Waals surface area contributed by atoms with Gasteiger partial charge in [0.1, 0.15) is 18.1 Å². The Morgan fingerprint density at radius 3 is 2.94 bits per heavy atom. The SMILES string of the molecule is Cn1c(=O)n(CCn2cc(C(=O)N3CC[C@@H](O)C3)cn2)c2nc3c(n21)C(c1ccco1)=NCN3N. The van der Waals surface area contributed by atoms with E-state index in [1.165, 1.54) is 20.5 Å². The first-order valence-electron chi connectivity index (χ1n) is 11.2. The van der Waals surface area contributed by atoms with E-state index >= 15 is 0 Å². The van der Waals surface area contributed by atoms with Crippen molar-refractivity contribution in [2.24, 2.45) is 17.9 Å². The highest BCUT2D eigenvalue weighted by Crippen LogP contribution is 2.27. The summed E-state index contributed by atoms with van der Waals surface area (Å²) in [5.41, 5.74) is 1.31. The van der Waals surface area contributed by atoms with Crippen LogP contribution in [0, 0.1) is 0 Å². The average molecular weight is 480 g/mol. The summed E-state index contributed by atoms with van der Waals surface area (Å²) in [7, 11) is 1.65. The smallest absolute Gasteiger partial charge is 0.345 e. The maximum atomic E-state index is 13.1. The number of nitrogens with two attached hydrogens (primary N) is 1. The van der Waals surface area contributed by atoms with Gasteiger partial charge < -0.3 is 14.4 Å². The third-order valence-corrected chi connectivity index (χ3v) is 6.38. The van der Waals surface area contributed by atoms with Gasteiger partial charge in [-0.1, -0.05) is 0 Å². The second kappa shape index (κ2) is 7.95. The lowest BCUT2D eigenvalue weighted by Crippen LogP contribution is -2.37. The largest absolute Gasteiger partial charge is 0.463 e. The third kappa shape index (κ3) is 3.37. The molecular weight excluding hydrogens is 456 g/mol. The molecule has 182 valence electrons. The Morgan fingerprint density at radius 1 is 1.34 bits per heavy atom. The van der Waals surface area contributed by atoms with Crippen LogP contribution in [-0.4, -0.2) is 76.0 Å². The van der Waals surface area contributed by atoms with Crippen molar-refractivity contribution in [2.45, 2.75) is 25.6 Å². The summed E-state index contributed by atoms with van der Waals surface area (Å²) in [6.07, 6.45) is 4.81. The van der Waals surface area contributed by atoms with Gasteiger partial charge in [-0.2, -0.15) is 10.1 Å². The Labute approximate surface area is 198 Å².